The summed E-state index contributed by atoms with van der Waals surface area (Å²) in [5.74, 6) is 0. The molecule has 0 fully saturated rings. The van der Waals surface area contributed by atoms with Crippen LogP contribution in [0.25, 0.3) is 0 Å². The largest absolute Gasteiger partial charge is 0.239 e. The Kier molecular flexibility index (Phi) is 1.10. The first-order valence-electron chi connectivity index (χ1n) is 2.76. The van der Waals surface area contributed by atoms with Crippen molar-refractivity contribution in [3.05, 3.63) is 23.9 Å². The van der Waals surface area contributed by atoms with E-state index >= 15 is 0 Å². The van der Waals surface area contributed by atoms with E-state index in [1.165, 1.54) is 4.52 Å². The number of nitrogens with zero attached hydrogens (tertiary/aromatic N) is 3. The minimum absolute atomic E-state index is 1.11. The van der Waals surface area contributed by atoms with E-state index < -0.39 is 11.0 Å². The standard InChI is InChI=1S/C5H5N3OS/c9-10-5-4-7-3-1-2-6-8(7)10/h1-5H. The van der Waals surface area contributed by atoms with Gasteiger partial charge < -0.3 is 0 Å². The van der Waals surface area contributed by atoms with Crippen molar-refractivity contribution in [3.8, 4) is 0 Å². The van der Waals surface area contributed by atoms with Gasteiger partial charge in [-0.05, 0) is 6.08 Å². The smallest absolute Gasteiger partial charge is 0.183 e. The van der Waals surface area contributed by atoms with Crippen LogP contribution in [0.2, 0.25) is 0 Å². The highest BCUT2D eigenvalue weighted by Crippen LogP contribution is 2.15. The van der Waals surface area contributed by atoms with Crippen molar-refractivity contribution in [2.75, 3.05) is 0 Å². The molecule has 0 aromatic heterocycles. The molecular formula is C5H5N3OS. The molecule has 0 radical (unpaired) electrons. The van der Waals surface area contributed by atoms with Gasteiger partial charge in [0.1, 0.15) is 0 Å². The van der Waals surface area contributed by atoms with Crippen LogP contribution in [0, 0.1) is 0 Å². The Hall–Kier alpha value is -1.10. The molecule has 0 amide bonds. The molecule has 5 heteroatoms. The second-order valence-corrected chi connectivity index (χ2v) is 2.95. The van der Waals surface area contributed by atoms with Gasteiger partial charge in [-0.3, -0.25) is 0 Å². The van der Waals surface area contributed by atoms with E-state index in [1.807, 2.05) is 0 Å². The van der Waals surface area contributed by atoms with Gasteiger partial charge in [0.05, 0.1) is 6.21 Å². The van der Waals surface area contributed by atoms with Crippen molar-refractivity contribution >= 4 is 17.2 Å². The number of hydrazone groups is 1. The van der Waals surface area contributed by atoms with E-state index in [0.717, 1.165) is 0 Å². The minimum atomic E-state index is -1.11. The number of hydrogen-bond acceptors (Lipinski definition) is 3. The lowest BCUT2D eigenvalue weighted by Crippen LogP contribution is -2.28. The first kappa shape index (κ1) is 5.67. The van der Waals surface area contributed by atoms with Crippen LogP contribution in [0.15, 0.2) is 29.0 Å². The molecule has 2 aliphatic heterocycles. The fourth-order valence-corrected chi connectivity index (χ4v) is 1.53. The van der Waals surface area contributed by atoms with E-state index in [1.54, 1.807) is 35.1 Å². The third-order valence-electron chi connectivity index (χ3n) is 1.18. The van der Waals surface area contributed by atoms with Crippen LogP contribution >= 0.6 is 0 Å². The summed E-state index contributed by atoms with van der Waals surface area (Å²) in [6, 6.07) is 0. The van der Waals surface area contributed by atoms with Crippen LogP contribution in [0.5, 0.6) is 0 Å². The topological polar surface area (TPSA) is 35.9 Å². The number of fused-ring (bicyclic) bond motifs is 1. The van der Waals surface area contributed by atoms with Crippen molar-refractivity contribution in [1.82, 2.24) is 9.53 Å². The molecular weight excluding hydrogens is 150 g/mol. The lowest BCUT2D eigenvalue weighted by molar-refractivity contribution is 0.208. The maximum atomic E-state index is 11.0. The van der Waals surface area contributed by atoms with Gasteiger partial charge in [-0.2, -0.15) is 5.10 Å². The predicted octanol–water partition coefficient (Wildman–Crippen LogP) is 0.167. The second kappa shape index (κ2) is 1.95. The lowest BCUT2D eigenvalue weighted by Gasteiger charge is -2.21. The Morgan fingerprint density at radius 3 is 3.10 bits per heavy atom. The van der Waals surface area contributed by atoms with Crippen molar-refractivity contribution < 1.29 is 4.21 Å². The zero-order valence-corrected chi connectivity index (χ0v) is 5.86. The highest BCUT2D eigenvalue weighted by atomic mass is 32.2. The molecule has 1 atom stereocenters. The van der Waals surface area contributed by atoms with Crippen molar-refractivity contribution in [3.63, 3.8) is 0 Å². The lowest BCUT2D eigenvalue weighted by atomic mass is 10.6. The molecule has 0 aromatic rings. The van der Waals surface area contributed by atoms with Gasteiger partial charge in [0.2, 0.25) is 0 Å². The summed E-state index contributed by atoms with van der Waals surface area (Å²) >= 11 is 0. The van der Waals surface area contributed by atoms with Gasteiger partial charge in [0.15, 0.2) is 11.0 Å². The molecule has 0 spiro atoms. The quantitative estimate of drug-likeness (QED) is 0.500. The molecule has 0 aromatic carbocycles. The highest BCUT2D eigenvalue weighted by Gasteiger charge is 2.19. The van der Waals surface area contributed by atoms with Gasteiger partial charge in [-0.15, -0.1) is 4.52 Å². The van der Waals surface area contributed by atoms with Gasteiger partial charge >= 0.3 is 0 Å². The average molecular weight is 155 g/mol. The van der Waals surface area contributed by atoms with Gasteiger partial charge in [-0.1, -0.05) is 0 Å². The first-order valence-corrected chi connectivity index (χ1v) is 3.93. The van der Waals surface area contributed by atoms with Gasteiger partial charge in [0, 0.05) is 17.8 Å². The molecule has 4 nitrogen and oxygen atoms in total. The van der Waals surface area contributed by atoms with E-state index in [9.17, 15) is 4.21 Å². The van der Waals surface area contributed by atoms with E-state index in [2.05, 4.69) is 5.10 Å². The summed E-state index contributed by atoms with van der Waals surface area (Å²) in [6.07, 6.45) is 6.88. The zero-order chi connectivity index (χ0) is 6.97. The summed E-state index contributed by atoms with van der Waals surface area (Å²) in [6.45, 7) is 0. The van der Waals surface area contributed by atoms with Gasteiger partial charge in [-0.25, -0.2) is 9.22 Å². The molecule has 2 rings (SSSR count). The SMILES string of the molecule is O=S1C=CN2C=CC=NN21. The number of hydrazine groups is 1. The van der Waals surface area contributed by atoms with Crippen LogP contribution < -0.4 is 0 Å². The molecule has 0 saturated heterocycles. The molecule has 52 valence electrons. The highest BCUT2D eigenvalue weighted by molar-refractivity contribution is 7.85. The molecule has 2 aliphatic rings. The van der Waals surface area contributed by atoms with Crippen LogP contribution in [-0.2, 0) is 11.0 Å². The summed E-state index contributed by atoms with van der Waals surface area (Å²) in [5.41, 5.74) is 0. The van der Waals surface area contributed by atoms with Crippen LogP contribution in [0.3, 0.4) is 0 Å². The van der Waals surface area contributed by atoms with Crippen LogP contribution in [0.4, 0.5) is 0 Å². The Morgan fingerprint density at radius 2 is 2.30 bits per heavy atom. The van der Waals surface area contributed by atoms with Crippen LogP contribution in [0.1, 0.15) is 0 Å². The molecule has 1 unspecified atom stereocenters. The molecule has 2 heterocycles. The number of hydrogen-bond donors (Lipinski definition) is 0. The summed E-state index contributed by atoms with van der Waals surface area (Å²) in [4.78, 5) is 0. The molecule has 0 N–H and O–H groups in total. The zero-order valence-electron chi connectivity index (χ0n) is 5.04. The van der Waals surface area contributed by atoms with E-state index in [0.29, 0.717) is 0 Å². The Balaban J connectivity index is 2.34. The van der Waals surface area contributed by atoms with Crippen molar-refractivity contribution in [1.29, 1.82) is 0 Å². The van der Waals surface area contributed by atoms with Crippen molar-refractivity contribution in [2.45, 2.75) is 0 Å². The second-order valence-electron chi connectivity index (χ2n) is 1.80. The predicted molar refractivity (Wildman–Crippen MR) is 38.6 cm³/mol. The minimum Gasteiger partial charge on any atom is -0.239 e. The van der Waals surface area contributed by atoms with E-state index in [4.69, 9.17) is 0 Å². The molecule has 0 saturated carbocycles. The van der Waals surface area contributed by atoms with Gasteiger partial charge in [0.25, 0.3) is 0 Å². The molecule has 10 heavy (non-hydrogen) atoms. The summed E-state index contributed by atoms with van der Waals surface area (Å²) in [7, 11) is -1.11. The normalized spacial score (nSPS) is 27.8. The number of allylic oxidation sites excluding steroid dienone is 1. The maximum Gasteiger partial charge on any atom is 0.183 e. The Labute approximate surface area is 60.7 Å². The fraction of sp³-hybridized carbons (Fsp3) is 0. The van der Waals surface area contributed by atoms with E-state index in [-0.39, 0.29) is 0 Å². The number of rotatable bonds is 0. The fourth-order valence-electron chi connectivity index (χ4n) is 0.754. The molecule has 0 bridgehead atoms. The average Bonchev–Trinajstić information content (AvgIpc) is 2.34. The first-order chi connectivity index (χ1) is 4.88. The summed E-state index contributed by atoms with van der Waals surface area (Å²) < 4.78 is 12.4. The Morgan fingerprint density at radius 1 is 1.40 bits per heavy atom. The Bertz CT molecular complexity index is 256. The maximum absolute atomic E-state index is 11.0. The van der Waals surface area contributed by atoms with Crippen molar-refractivity contribution in [2.24, 2.45) is 5.10 Å². The third kappa shape index (κ3) is 0.672. The molecule has 0 aliphatic carbocycles. The third-order valence-corrected chi connectivity index (χ3v) is 2.14. The monoisotopic (exact) mass is 155 g/mol. The summed E-state index contributed by atoms with van der Waals surface area (Å²) in [5, 5.41) is 7.10. The van der Waals surface area contributed by atoms with Crippen LogP contribution in [-0.4, -0.2) is 20.0 Å².